The summed E-state index contributed by atoms with van der Waals surface area (Å²) < 4.78 is 0. The number of amides is 1. The maximum atomic E-state index is 12.1. The zero-order chi connectivity index (χ0) is 12.3. The Morgan fingerprint density at radius 1 is 1.53 bits per heavy atom. The lowest BCUT2D eigenvalue weighted by Crippen LogP contribution is -2.36. The minimum absolute atomic E-state index is 0.0235. The number of hydrogen-bond donors (Lipinski definition) is 2. The van der Waals surface area contributed by atoms with Crippen molar-refractivity contribution in [2.24, 2.45) is 0 Å². The van der Waals surface area contributed by atoms with Gasteiger partial charge in [0, 0.05) is 19.6 Å². The van der Waals surface area contributed by atoms with E-state index in [4.69, 9.17) is 5.11 Å². The monoisotopic (exact) mass is 236 g/mol. The van der Waals surface area contributed by atoms with E-state index >= 15 is 0 Å². The Kier molecular flexibility index (Phi) is 3.53. The lowest BCUT2D eigenvalue weighted by molar-refractivity contribution is 0.0701. The number of aromatic nitrogens is 2. The van der Waals surface area contributed by atoms with Gasteiger partial charge in [0.05, 0.1) is 19.0 Å². The smallest absolute Gasteiger partial charge is 0.274 e. The van der Waals surface area contributed by atoms with E-state index in [1.54, 1.807) is 11.9 Å². The molecule has 2 N–H and O–H groups in total. The molecule has 1 aliphatic carbocycles. The Labute approximate surface area is 99.7 Å². The van der Waals surface area contributed by atoms with Crippen LogP contribution in [0.5, 0.6) is 0 Å². The van der Waals surface area contributed by atoms with E-state index < -0.39 is 0 Å². The van der Waals surface area contributed by atoms with Crippen LogP contribution in [0.2, 0.25) is 0 Å². The number of nitrogens with zero attached hydrogens (tertiary/aromatic N) is 3. The van der Waals surface area contributed by atoms with Crippen LogP contribution in [0.3, 0.4) is 0 Å². The van der Waals surface area contributed by atoms with Gasteiger partial charge in [0.15, 0.2) is 0 Å². The molecule has 1 heterocycles. The fourth-order valence-electron chi connectivity index (χ4n) is 1.66. The zero-order valence-electron chi connectivity index (χ0n) is 9.76. The first-order valence-electron chi connectivity index (χ1n) is 5.68. The van der Waals surface area contributed by atoms with E-state index in [0.29, 0.717) is 18.1 Å². The Balaban J connectivity index is 2.10. The number of nitrogens with one attached hydrogen (secondary N) is 1. The number of carbonyl (C=O) groups excluding carboxylic acids is 1. The van der Waals surface area contributed by atoms with Crippen LogP contribution >= 0.6 is 0 Å². The molecule has 2 rings (SSSR count). The van der Waals surface area contributed by atoms with Crippen LogP contribution in [0, 0.1) is 0 Å². The van der Waals surface area contributed by atoms with E-state index in [9.17, 15) is 4.79 Å². The van der Waals surface area contributed by atoms with Crippen molar-refractivity contribution in [3.8, 4) is 0 Å². The summed E-state index contributed by atoms with van der Waals surface area (Å²) in [6.45, 7) is 0.337. The molecule has 1 fully saturated rings. The highest BCUT2D eigenvalue weighted by molar-refractivity contribution is 5.92. The van der Waals surface area contributed by atoms with Crippen molar-refractivity contribution in [3.05, 3.63) is 18.1 Å². The predicted molar refractivity (Wildman–Crippen MR) is 62.7 cm³/mol. The summed E-state index contributed by atoms with van der Waals surface area (Å²) in [5.41, 5.74) is 0.323. The molecule has 0 unspecified atom stereocenters. The Bertz CT molecular complexity index is 389. The number of carbonyl (C=O) groups is 1. The lowest BCUT2D eigenvalue weighted by Gasteiger charge is -2.20. The molecule has 1 aliphatic rings. The molecule has 0 spiro atoms. The Hall–Kier alpha value is -1.69. The van der Waals surface area contributed by atoms with Crippen LogP contribution in [-0.4, -0.2) is 52.1 Å². The van der Waals surface area contributed by atoms with Crippen molar-refractivity contribution in [2.75, 3.05) is 25.5 Å². The molecule has 1 aromatic rings. The maximum Gasteiger partial charge on any atom is 0.274 e. The van der Waals surface area contributed by atoms with Crippen molar-refractivity contribution < 1.29 is 9.90 Å². The largest absolute Gasteiger partial charge is 0.395 e. The van der Waals surface area contributed by atoms with Crippen LogP contribution in [0.4, 0.5) is 5.82 Å². The summed E-state index contributed by atoms with van der Waals surface area (Å²) in [6, 6.07) is 0.264. The molecule has 0 saturated heterocycles. The van der Waals surface area contributed by atoms with Crippen LogP contribution in [0.25, 0.3) is 0 Å². The highest BCUT2D eigenvalue weighted by Gasteiger charge is 2.33. The number of rotatable bonds is 5. The fraction of sp³-hybridized carbons (Fsp3) is 0.545. The van der Waals surface area contributed by atoms with E-state index in [2.05, 4.69) is 15.3 Å². The van der Waals surface area contributed by atoms with Gasteiger partial charge in [-0.1, -0.05) is 0 Å². The summed E-state index contributed by atoms with van der Waals surface area (Å²) in [6.07, 6.45) is 5.00. The van der Waals surface area contributed by atoms with E-state index in [-0.39, 0.29) is 18.6 Å². The first kappa shape index (κ1) is 11.8. The Morgan fingerprint density at radius 2 is 2.29 bits per heavy atom. The molecule has 0 aliphatic heterocycles. The van der Waals surface area contributed by atoms with E-state index in [0.717, 1.165) is 12.8 Å². The predicted octanol–water partition coefficient (Wildman–Crippen LogP) is 0.115. The quantitative estimate of drug-likeness (QED) is 0.759. The fourth-order valence-corrected chi connectivity index (χ4v) is 1.66. The van der Waals surface area contributed by atoms with Gasteiger partial charge in [0.25, 0.3) is 5.91 Å². The van der Waals surface area contributed by atoms with Gasteiger partial charge in [-0.15, -0.1) is 0 Å². The van der Waals surface area contributed by atoms with Crippen LogP contribution in [-0.2, 0) is 0 Å². The highest BCUT2D eigenvalue weighted by Crippen LogP contribution is 2.27. The first-order valence-corrected chi connectivity index (χ1v) is 5.68. The summed E-state index contributed by atoms with van der Waals surface area (Å²) in [7, 11) is 1.74. The van der Waals surface area contributed by atoms with Crippen LogP contribution in [0.1, 0.15) is 23.3 Å². The number of aliphatic hydroxyl groups excluding tert-OH is 1. The van der Waals surface area contributed by atoms with Crippen molar-refractivity contribution >= 4 is 11.7 Å². The topological polar surface area (TPSA) is 78.4 Å². The summed E-state index contributed by atoms with van der Waals surface area (Å²) in [5.74, 6) is 0.471. The molecule has 6 nitrogen and oxygen atoms in total. The first-order chi connectivity index (χ1) is 8.26. The minimum atomic E-state index is -0.156. The number of anilines is 1. The zero-order valence-corrected chi connectivity index (χ0v) is 9.76. The van der Waals surface area contributed by atoms with E-state index in [1.165, 1.54) is 12.4 Å². The average Bonchev–Trinajstić information content (AvgIpc) is 3.19. The SMILES string of the molecule is CNc1cnc(C(=O)N(CCO)C2CC2)cn1. The lowest BCUT2D eigenvalue weighted by atomic mass is 10.3. The molecule has 1 amide bonds. The summed E-state index contributed by atoms with van der Waals surface area (Å²) >= 11 is 0. The van der Waals surface area contributed by atoms with Crippen molar-refractivity contribution in [1.29, 1.82) is 0 Å². The molecule has 0 atom stereocenters. The number of aliphatic hydroxyl groups is 1. The normalized spacial score (nSPS) is 14.5. The van der Waals surface area contributed by atoms with Gasteiger partial charge >= 0.3 is 0 Å². The van der Waals surface area contributed by atoms with Crippen molar-refractivity contribution in [2.45, 2.75) is 18.9 Å². The second kappa shape index (κ2) is 5.09. The molecule has 0 aromatic carbocycles. The molecule has 92 valence electrons. The highest BCUT2D eigenvalue weighted by atomic mass is 16.3. The molecular weight excluding hydrogens is 220 g/mol. The van der Waals surface area contributed by atoms with Gasteiger partial charge < -0.3 is 15.3 Å². The van der Waals surface area contributed by atoms with Gasteiger partial charge in [0.2, 0.25) is 0 Å². The molecule has 17 heavy (non-hydrogen) atoms. The van der Waals surface area contributed by atoms with Crippen LogP contribution < -0.4 is 5.32 Å². The van der Waals surface area contributed by atoms with Gasteiger partial charge in [0.1, 0.15) is 11.5 Å². The third-order valence-electron chi connectivity index (χ3n) is 2.72. The maximum absolute atomic E-state index is 12.1. The van der Waals surface area contributed by atoms with Gasteiger partial charge in [-0.05, 0) is 12.8 Å². The van der Waals surface area contributed by atoms with Crippen LogP contribution in [0.15, 0.2) is 12.4 Å². The minimum Gasteiger partial charge on any atom is -0.395 e. The Morgan fingerprint density at radius 3 is 2.76 bits per heavy atom. The van der Waals surface area contributed by atoms with E-state index in [1.807, 2.05) is 0 Å². The van der Waals surface area contributed by atoms with Gasteiger partial charge in [-0.2, -0.15) is 0 Å². The second-order valence-electron chi connectivity index (χ2n) is 3.99. The van der Waals surface area contributed by atoms with Crippen molar-refractivity contribution in [3.63, 3.8) is 0 Å². The number of hydrogen-bond acceptors (Lipinski definition) is 5. The third-order valence-corrected chi connectivity index (χ3v) is 2.72. The average molecular weight is 236 g/mol. The summed E-state index contributed by atoms with van der Waals surface area (Å²) in [5, 5.41) is 11.8. The standard InChI is InChI=1S/C11H16N4O2/c1-12-10-7-13-9(6-14-10)11(17)15(4-5-16)8-2-3-8/h6-8,16H,2-5H2,1H3,(H,12,14). The molecule has 1 aromatic heterocycles. The molecule has 1 saturated carbocycles. The molecule has 0 bridgehead atoms. The molecule has 0 radical (unpaired) electrons. The van der Waals surface area contributed by atoms with Gasteiger partial charge in [-0.3, -0.25) is 4.79 Å². The third kappa shape index (κ3) is 2.71. The second-order valence-corrected chi connectivity index (χ2v) is 3.99. The van der Waals surface area contributed by atoms with Crippen molar-refractivity contribution in [1.82, 2.24) is 14.9 Å². The van der Waals surface area contributed by atoms with Gasteiger partial charge in [-0.25, -0.2) is 9.97 Å². The molecular formula is C11H16N4O2. The molecule has 6 heteroatoms. The summed E-state index contributed by atoms with van der Waals surface area (Å²) in [4.78, 5) is 21.9.